The van der Waals surface area contributed by atoms with Crippen LogP contribution in [0.15, 0.2) is 18.2 Å². The first-order chi connectivity index (χ1) is 10.6. The molecule has 1 aromatic carbocycles. The van der Waals surface area contributed by atoms with Crippen LogP contribution in [0.2, 0.25) is 0 Å². The summed E-state index contributed by atoms with van der Waals surface area (Å²) in [6, 6.07) is 4.79. The second-order valence-corrected chi connectivity index (χ2v) is 5.90. The van der Waals surface area contributed by atoms with Gasteiger partial charge in [0, 0.05) is 19.7 Å². The van der Waals surface area contributed by atoms with Crippen LogP contribution in [0.1, 0.15) is 31.1 Å². The number of nitrogens with zero attached hydrogens (tertiary/aromatic N) is 2. The maximum absolute atomic E-state index is 12.5. The predicted octanol–water partition coefficient (Wildman–Crippen LogP) is 2.56. The van der Waals surface area contributed by atoms with Crippen LogP contribution < -0.4 is 9.47 Å². The molecule has 2 amide bonds. The summed E-state index contributed by atoms with van der Waals surface area (Å²) in [6.45, 7) is 5.28. The number of hydrogen-bond donors (Lipinski definition) is 0. The highest BCUT2D eigenvalue weighted by Crippen LogP contribution is 2.28. The largest absolute Gasteiger partial charge is 0.493 e. The Bertz CT molecular complexity index is 580. The van der Waals surface area contributed by atoms with Crippen molar-refractivity contribution < 1.29 is 23.8 Å². The van der Waals surface area contributed by atoms with E-state index in [1.807, 2.05) is 0 Å². The molecule has 0 aliphatic heterocycles. The number of hydrogen-bond acceptors (Lipinski definition) is 5. The van der Waals surface area contributed by atoms with Crippen molar-refractivity contribution in [2.45, 2.75) is 26.4 Å². The van der Waals surface area contributed by atoms with Gasteiger partial charge < -0.3 is 14.2 Å². The number of amides is 2. The van der Waals surface area contributed by atoms with E-state index in [4.69, 9.17) is 14.2 Å². The topological polar surface area (TPSA) is 68.3 Å². The summed E-state index contributed by atoms with van der Waals surface area (Å²) >= 11 is 0. The molecule has 0 aromatic heterocycles. The molecule has 0 aliphatic rings. The Morgan fingerprint density at radius 2 is 1.52 bits per heavy atom. The maximum atomic E-state index is 12.5. The molecule has 128 valence electrons. The van der Waals surface area contributed by atoms with Crippen molar-refractivity contribution in [3.8, 4) is 11.5 Å². The number of hydrazine groups is 1. The molecule has 0 unspecified atom stereocenters. The number of ether oxygens (including phenoxy) is 3. The highest BCUT2D eigenvalue weighted by atomic mass is 16.6. The fourth-order valence-electron chi connectivity index (χ4n) is 1.74. The van der Waals surface area contributed by atoms with Crippen molar-refractivity contribution in [1.82, 2.24) is 10.0 Å². The van der Waals surface area contributed by atoms with E-state index in [1.165, 1.54) is 33.3 Å². The van der Waals surface area contributed by atoms with Crippen LogP contribution in [0, 0.1) is 0 Å². The summed E-state index contributed by atoms with van der Waals surface area (Å²) in [5.41, 5.74) is -0.279. The summed E-state index contributed by atoms with van der Waals surface area (Å²) in [7, 11) is 5.96. The zero-order chi connectivity index (χ0) is 17.8. The molecular weight excluding hydrogens is 300 g/mol. The lowest BCUT2D eigenvalue weighted by atomic mass is 10.2. The normalized spacial score (nSPS) is 10.7. The van der Waals surface area contributed by atoms with Crippen LogP contribution in [-0.4, -0.2) is 55.9 Å². The second-order valence-electron chi connectivity index (χ2n) is 5.90. The second kappa shape index (κ2) is 7.21. The first-order valence-corrected chi connectivity index (χ1v) is 7.07. The predicted molar refractivity (Wildman–Crippen MR) is 85.6 cm³/mol. The fraction of sp³-hybridized carbons (Fsp3) is 0.500. The summed E-state index contributed by atoms with van der Waals surface area (Å²) in [5, 5.41) is 2.29. The molecule has 0 atom stereocenters. The van der Waals surface area contributed by atoms with E-state index in [2.05, 4.69) is 0 Å². The molecule has 0 bridgehead atoms. The highest BCUT2D eigenvalue weighted by molar-refractivity contribution is 5.95. The van der Waals surface area contributed by atoms with Gasteiger partial charge in [-0.05, 0) is 39.0 Å². The molecule has 1 aromatic rings. The van der Waals surface area contributed by atoms with Crippen LogP contribution in [0.5, 0.6) is 11.5 Å². The lowest BCUT2D eigenvalue weighted by molar-refractivity contribution is -0.0192. The van der Waals surface area contributed by atoms with E-state index >= 15 is 0 Å². The van der Waals surface area contributed by atoms with Gasteiger partial charge in [-0.1, -0.05) is 0 Å². The van der Waals surface area contributed by atoms with Crippen molar-refractivity contribution in [3.05, 3.63) is 23.8 Å². The lowest BCUT2D eigenvalue weighted by Crippen LogP contribution is -2.46. The van der Waals surface area contributed by atoms with Crippen LogP contribution >= 0.6 is 0 Å². The van der Waals surface area contributed by atoms with Gasteiger partial charge in [-0.2, -0.15) is 0 Å². The van der Waals surface area contributed by atoms with Gasteiger partial charge in [0.1, 0.15) is 5.60 Å². The Labute approximate surface area is 136 Å². The minimum absolute atomic E-state index is 0.362. The Balaban J connectivity index is 2.94. The highest BCUT2D eigenvalue weighted by Gasteiger charge is 2.25. The van der Waals surface area contributed by atoms with E-state index in [0.29, 0.717) is 17.1 Å². The number of rotatable bonds is 3. The van der Waals surface area contributed by atoms with Crippen molar-refractivity contribution in [3.63, 3.8) is 0 Å². The first kappa shape index (κ1) is 18.6. The quantitative estimate of drug-likeness (QED) is 0.799. The number of methoxy groups -OCH3 is 2. The third-order valence-corrected chi connectivity index (χ3v) is 3.03. The molecule has 0 radical (unpaired) electrons. The van der Waals surface area contributed by atoms with Crippen LogP contribution in [0.3, 0.4) is 0 Å². The Morgan fingerprint density at radius 1 is 0.957 bits per heavy atom. The van der Waals surface area contributed by atoms with E-state index in [1.54, 1.807) is 39.0 Å². The van der Waals surface area contributed by atoms with Gasteiger partial charge >= 0.3 is 6.09 Å². The molecule has 23 heavy (non-hydrogen) atoms. The van der Waals surface area contributed by atoms with Gasteiger partial charge in [0.15, 0.2) is 11.5 Å². The first-order valence-electron chi connectivity index (χ1n) is 7.07. The van der Waals surface area contributed by atoms with Crippen LogP contribution in [-0.2, 0) is 4.74 Å². The van der Waals surface area contributed by atoms with Gasteiger partial charge in [0.25, 0.3) is 5.91 Å². The molecule has 0 saturated heterocycles. The Morgan fingerprint density at radius 3 is 2.00 bits per heavy atom. The smallest absolute Gasteiger partial charge is 0.429 e. The van der Waals surface area contributed by atoms with E-state index in [-0.39, 0.29) is 5.91 Å². The van der Waals surface area contributed by atoms with Crippen molar-refractivity contribution in [2.24, 2.45) is 0 Å². The van der Waals surface area contributed by atoms with Gasteiger partial charge in [-0.25, -0.2) is 14.8 Å². The molecule has 0 aliphatic carbocycles. The average Bonchev–Trinajstić information content (AvgIpc) is 2.50. The van der Waals surface area contributed by atoms with Crippen molar-refractivity contribution in [1.29, 1.82) is 0 Å². The molecule has 1 rings (SSSR count). The van der Waals surface area contributed by atoms with Gasteiger partial charge in [-0.15, -0.1) is 0 Å². The molecule has 0 heterocycles. The van der Waals surface area contributed by atoms with Crippen LogP contribution in [0.4, 0.5) is 4.79 Å². The minimum atomic E-state index is -0.640. The summed E-state index contributed by atoms with van der Waals surface area (Å²) in [4.78, 5) is 24.5. The van der Waals surface area contributed by atoms with E-state index in [9.17, 15) is 9.59 Å². The molecule has 7 nitrogen and oxygen atoms in total. The van der Waals surface area contributed by atoms with E-state index < -0.39 is 11.7 Å². The van der Waals surface area contributed by atoms with Crippen molar-refractivity contribution >= 4 is 12.0 Å². The Kier molecular flexibility index (Phi) is 5.84. The van der Waals surface area contributed by atoms with Crippen molar-refractivity contribution in [2.75, 3.05) is 28.3 Å². The number of carbonyl (C=O) groups is 2. The van der Waals surface area contributed by atoms with Crippen LogP contribution in [0.25, 0.3) is 0 Å². The summed E-state index contributed by atoms with van der Waals surface area (Å²) in [6.07, 6.45) is -0.617. The third-order valence-electron chi connectivity index (χ3n) is 3.03. The Hall–Kier alpha value is -2.44. The zero-order valence-corrected chi connectivity index (χ0v) is 14.7. The lowest BCUT2D eigenvalue weighted by Gasteiger charge is -2.30. The molecule has 7 heteroatoms. The number of benzene rings is 1. The van der Waals surface area contributed by atoms with Gasteiger partial charge in [-0.3, -0.25) is 4.79 Å². The SMILES string of the molecule is COc1ccc(C(=O)N(C)N(C)C(=O)OC(C)(C)C)cc1OC. The van der Waals surface area contributed by atoms with E-state index in [0.717, 1.165) is 5.01 Å². The van der Waals surface area contributed by atoms with Gasteiger partial charge in [0.05, 0.1) is 14.2 Å². The molecule has 0 N–H and O–H groups in total. The molecule has 0 fully saturated rings. The zero-order valence-electron chi connectivity index (χ0n) is 14.7. The molecular formula is C16H24N2O5. The monoisotopic (exact) mass is 324 g/mol. The minimum Gasteiger partial charge on any atom is -0.493 e. The average molecular weight is 324 g/mol. The standard InChI is InChI=1S/C16H24N2O5/c1-16(2,3)23-15(20)18(5)17(4)14(19)11-8-9-12(21-6)13(10-11)22-7/h8-10H,1-7H3. The molecule has 0 saturated carbocycles. The third kappa shape index (κ3) is 4.77. The summed E-state index contributed by atoms with van der Waals surface area (Å²) in [5.74, 6) is 0.582. The number of carbonyl (C=O) groups excluding carboxylic acids is 2. The summed E-state index contributed by atoms with van der Waals surface area (Å²) < 4.78 is 15.6. The molecule has 0 spiro atoms. The fourth-order valence-corrected chi connectivity index (χ4v) is 1.74. The van der Waals surface area contributed by atoms with Gasteiger partial charge in [0.2, 0.25) is 0 Å². The maximum Gasteiger partial charge on any atom is 0.429 e.